The van der Waals surface area contributed by atoms with Gasteiger partial charge in [0, 0.05) is 6.54 Å². The Morgan fingerprint density at radius 3 is 1.85 bits per heavy atom. The van der Waals surface area contributed by atoms with E-state index in [0.717, 1.165) is 0 Å². The van der Waals surface area contributed by atoms with Gasteiger partial charge in [0.2, 0.25) is 0 Å². The molecule has 117 valence electrons. The Bertz CT molecular complexity index is 329. The summed E-state index contributed by atoms with van der Waals surface area (Å²) >= 11 is 0. The zero-order valence-corrected chi connectivity index (χ0v) is 13.5. The van der Waals surface area contributed by atoms with Crippen LogP contribution in [0.4, 0.5) is 9.59 Å². The van der Waals surface area contributed by atoms with Crippen molar-refractivity contribution in [3.8, 4) is 0 Å². The van der Waals surface area contributed by atoms with Gasteiger partial charge in [-0.3, -0.25) is 0 Å². The van der Waals surface area contributed by atoms with Crippen molar-refractivity contribution < 1.29 is 19.1 Å². The van der Waals surface area contributed by atoms with Gasteiger partial charge in [0.25, 0.3) is 0 Å². The molecule has 0 aliphatic rings. The third-order valence-corrected chi connectivity index (χ3v) is 1.97. The molecule has 0 bridgehead atoms. The van der Waals surface area contributed by atoms with Gasteiger partial charge in [0.1, 0.15) is 11.2 Å². The molecule has 20 heavy (non-hydrogen) atoms. The van der Waals surface area contributed by atoms with Crippen molar-refractivity contribution in [2.45, 2.75) is 65.7 Å². The molecule has 0 aromatic heterocycles. The summed E-state index contributed by atoms with van der Waals surface area (Å²) in [5.74, 6) is 0. The number of amides is 2. The molecule has 0 spiro atoms. The van der Waals surface area contributed by atoms with Crippen LogP contribution in [0.3, 0.4) is 0 Å². The predicted molar refractivity (Wildman–Crippen MR) is 77.4 cm³/mol. The lowest BCUT2D eigenvalue weighted by atomic mass is 10.2. The van der Waals surface area contributed by atoms with Crippen molar-refractivity contribution in [1.82, 2.24) is 10.6 Å². The maximum atomic E-state index is 11.6. The van der Waals surface area contributed by atoms with E-state index >= 15 is 0 Å². The minimum Gasteiger partial charge on any atom is -0.444 e. The molecule has 0 aromatic carbocycles. The number of carbonyl (C=O) groups excluding carboxylic acids is 2. The number of alkyl carbamates (subject to hydrolysis) is 2. The normalized spacial score (nSPS) is 13.3. The van der Waals surface area contributed by atoms with E-state index in [4.69, 9.17) is 9.47 Å². The molecule has 1 unspecified atom stereocenters. The summed E-state index contributed by atoms with van der Waals surface area (Å²) in [5, 5.41) is 5.25. The topological polar surface area (TPSA) is 76.7 Å². The summed E-state index contributed by atoms with van der Waals surface area (Å²) in [7, 11) is 0. The SMILES string of the molecule is C[CH]C(CNC(=O)OC(C)(C)C)NC(=O)OC(C)(C)C. The van der Waals surface area contributed by atoms with Gasteiger partial charge in [-0.15, -0.1) is 0 Å². The molecular formula is C14H27N2O4. The van der Waals surface area contributed by atoms with E-state index in [0.29, 0.717) is 0 Å². The van der Waals surface area contributed by atoms with Gasteiger partial charge in [-0.2, -0.15) is 0 Å². The van der Waals surface area contributed by atoms with Crippen molar-refractivity contribution in [3.05, 3.63) is 6.42 Å². The molecule has 2 N–H and O–H groups in total. The zero-order valence-electron chi connectivity index (χ0n) is 13.5. The quantitative estimate of drug-likeness (QED) is 0.833. The summed E-state index contributed by atoms with van der Waals surface area (Å²) in [5.41, 5.74) is -1.10. The Hall–Kier alpha value is -1.46. The molecule has 0 saturated heterocycles. The minimum absolute atomic E-state index is 0.241. The number of ether oxygens (including phenoxy) is 2. The second kappa shape index (κ2) is 7.36. The molecule has 6 heteroatoms. The Labute approximate surface area is 121 Å². The number of hydrogen-bond acceptors (Lipinski definition) is 4. The summed E-state index contributed by atoms with van der Waals surface area (Å²) in [6, 6.07) is -0.322. The van der Waals surface area contributed by atoms with Crippen LogP contribution in [0.2, 0.25) is 0 Å². The molecule has 0 rings (SSSR count). The largest absolute Gasteiger partial charge is 0.444 e. The van der Waals surface area contributed by atoms with Crippen molar-refractivity contribution >= 4 is 12.2 Å². The molecule has 6 nitrogen and oxygen atoms in total. The highest BCUT2D eigenvalue weighted by atomic mass is 16.6. The number of rotatable bonds is 4. The van der Waals surface area contributed by atoms with Crippen LogP contribution in [0.1, 0.15) is 48.5 Å². The minimum atomic E-state index is -0.555. The average molecular weight is 287 g/mol. The van der Waals surface area contributed by atoms with Crippen LogP contribution in [0.25, 0.3) is 0 Å². The van der Waals surface area contributed by atoms with Crippen LogP contribution in [0.5, 0.6) is 0 Å². The van der Waals surface area contributed by atoms with Gasteiger partial charge in [-0.1, -0.05) is 6.92 Å². The fourth-order valence-corrected chi connectivity index (χ4v) is 1.22. The number of carbonyl (C=O) groups is 2. The fraction of sp³-hybridized carbons (Fsp3) is 0.786. The zero-order chi connectivity index (χ0) is 16.0. The standard InChI is InChI=1S/C14H27N2O4/c1-8-10(16-12(18)20-14(5,6)7)9-15-11(17)19-13(2,3)4/h8,10H,9H2,1-7H3,(H,15,17)(H,16,18). The van der Waals surface area contributed by atoms with Crippen LogP contribution in [0.15, 0.2) is 0 Å². The van der Waals surface area contributed by atoms with Gasteiger partial charge < -0.3 is 20.1 Å². The highest BCUT2D eigenvalue weighted by molar-refractivity contribution is 5.69. The monoisotopic (exact) mass is 287 g/mol. The van der Waals surface area contributed by atoms with E-state index in [1.54, 1.807) is 54.9 Å². The van der Waals surface area contributed by atoms with Crippen molar-refractivity contribution in [3.63, 3.8) is 0 Å². The summed E-state index contributed by atoms with van der Waals surface area (Å²) in [6.07, 6.45) is 0.725. The van der Waals surface area contributed by atoms with E-state index in [9.17, 15) is 9.59 Å². The molecule has 0 saturated carbocycles. The first-order valence-corrected chi connectivity index (χ1v) is 6.69. The molecule has 0 aliphatic heterocycles. The Morgan fingerprint density at radius 1 is 1.00 bits per heavy atom. The lowest BCUT2D eigenvalue weighted by Gasteiger charge is -2.24. The van der Waals surface area contributed by atoms with Gasteiger partial charge in [-0.05, 0) is 48.0 Å². The third-order valence-electron chi connectivity index (χ3n) is 1.97. The van der Waals surface area contributed by atoms with E-state index in [2.05, 4.69) is 10.6 Å². The van der Waals surface area contributed by atoms with Crippen LogP contribution in [-0.2, 0) is 9.47 Å². The van der Waals surface area contributed by atoms with E-state index in [1.165, 1.54) is 0 Å². The lowest BCUT2D eigenvalue weighted by Crippen LogP contribution is -2.46. The van der Waals surface area contributed by atoms with Crippen LogP contribution in [-0.4, -0.2) is 36.0 Å². The molecular weight excluding hydrogens is 260 g/mol. The predicted octanol–water partition coefficient (Wildman–Crippen LogP) is 2.63. The first kappa shape index (κ1) is 18.5. The number of nitrogens with one attached hydrogen (secondary N) is 2. The molecule has 0 aromatic rings. The molecule has 1 atom stereocenters. The second-order valence-corrected chi connectivity index (χ2v) is 6.47. The number of hydrogen-bond donors (Lipinski definition) is 2. The highest BCUT2D eigenvalue weighted by Crippen LogP contribution is 2.08. The first-order valence-electron chi connectivity index (χ1n) is 6.69. The van der Waals surface area contributed by atoms with Gasteiger partial charge in [0.15, 0.2) is 0 Å². The van der Waals surface area contributed by atoms with E-state index in [-0.39, 0.29) is 12.6 Å². The lowest BCUT2D eigenvalue weighted by molar-refractivity contribution is 0.0471. The molecule has 0 fully saturated rings. The van der Waals surface area contributed by atoms with E-state index in [1.807, 2.05) is 0 Å². The Kier molecular flexibility index (Phi) is 6.82. The summed E-state index contributed by atoms with van der Waals surface area (Å²) in [6.45, 7) is 12.8. The average Bonchev–Trinajstić information content (AvgIpc) is 2.18. The van der Waals surface area contributed by atoms with Crippen molar-refractivity contribution in [2.75, 3.05) is 6.54 Å². The Morgan fingerprint density at radius 2 is 1.45 bits per heavy atom. The molecule has 0 aliphatic carbocycles. The van der Waals surface area contributed by atoms with Gasteiger partial charge >= 0.3 is 12.2 Å². The highest BCUT2D eigenvalue weighted by Gasteiger charge is 2.20. The molecule has 1 radical (unpaired) electrons. The smallest absolute Gasteiger partial charge is 0.407 e. The summed E-state index contributed by atoms with van der Waals surface area (Å²) < 4.78 is 10.3. The maximum Gasteiger partial charge on any atom is 0.407 e. The van der Waals surface area contributed by atoms with Crippen LogP contribution >= 0.6 is 0 Å². The summed E-state index contributed by atoms with van der Waals surface area (Å²) in [4.78, 5) is 23.1. The fourth-order valence-electron chi connectivity index (χ4n) is 1.22. The van der Waals surface area contributed by atoms with Crippen LogP contribution in [0, 0.1) is 6.42 Å². The molecule has 0 heterocycles. The second-order valence-electron chi connectivity index (χ2n) is 6.47. The molecule has 2 amide bonds. The van der Waals surface area contributed by atoms with Gasteiger partial charge in [0.05, 0.1) is 6.04 Å². The van der Waals surface area contributed by atoms with Crippen LogP contribution < -0.4 is 10.6 Å². The maximum absolute atomic E-state index is 11.6. The third kappa shape index (κ3) is 10.5. The Balaban J connectivity index is 4.17. The van der Waals surface area contributed by atoms with Crippen molar-refractivity contribution in [2.24, 2.45) is 0 Å². The first-order chi connectivity index (χ1) is 8.93. The van der Waals surface area contributed by atoms with Crippen molar-refractivity contribution in [1.29, 1.82) is 0 Å². The van der Waals surface area contributed by atoms with Gasteiger partial charge in [-0.25, -0.2) is 9.59 Å². The van der Waals surface area contributed by atoms with E-state index < -0.39 is 23.4 Å².